The Morgan fingerprint density at radius 1 is 1.52 bits per heavy atom. The van der Waals surface area contributed by atoms with E-state index in [9.17, 15) is 9.59 Å². The zero-order chi connectivity index (χ0) is 16.6. The van der Waals surface area contributed by atoms with Crippen LogP contribution >= 0.6 is 23.1 Å². The van der Waals surface area contributed by atoms with Gasteiger partial charge in [0.25, 0.3) is 5.56 Å². The van der Waals surface area contributed by atoms with E-state index in [1.165, 1.54) is 22.2 Å². The molecule has 1 aliphatic rings. The van der Waals surface area contributed by atoms with E-state index in [0.29, 0.717) is 17.6 Å². The van der Waals surface area contributed by atoms with Crippen LogP contribution in [0, 0.1) is 5.92 Å². The third kappa shape index (κ3) is 3.04. The predicted octanol–water partition coefficient (Wildman–Crippen LogP) is 2.44. The van der Waals surface area contributed by atoms with Gasteiger partial charge < -0.3 is 5.32 Å². The number of fused-ring (bicyclic) bond motifs is 3. The lowest BCUT2D eigenvalue weighted by Crippen LogP contribution is -2.25. The second kappa shape index (κ2) is 6.65. The minimum atomic E-state index is -0.0636. The minimum absolute atomic E-state index is 0.0453. The molecule has 0 spiro atoms. The van der Waals surface area contributed by atoms with Gasteiger partial charge in [0, 0.05) is 18.5 Å². The second-order valence-corrected chi connectivity index (χ2v) is 7.96. The van der Waals surface area contributed by atoms with Gasteiger partial charge in [-0.25, -0.2) is 4.98 Å². The Bertz CT molecular complexity index is 810. The van der Waals surface area contributed by atoms with Gasteiger partial charge in [0.15, 0.2) is 5.16 Å². The highest BCUT2D eigenvalue weighted by Crippen LogP contribution is 2.36. The number of rotatable bonds is 4. The number of carbonyl (C=O) groups is 1. The third-order valence-corrected chi connectivity index (χ3v) is 6.43. The highest BCUT2D eigenvalue weighted by atomic mass is 32.2. The summed E-state index contributed by atoms with van der Waals surface area (Å²) in [6, 6.07) is 0. The van der Waals surface area contributed by atoms with Gasteiger partial charge in [0.2, 0.25) is 5.91 Å². The minimum Gasteiger partial charge on any atom is -0.358 e. The zero-order valence-corrected chi connectivity index (χ0v) is 15.3. The summed E-state index contributed by atoms with van der Waals surface area (Å²) >= 11 is 2.98. The van der Waals surface area contributed by atoms with Crippen molar-refractivity contribution in [3.63, 3.8) is 0 Å². The number of amides is 1. The molecule has 124 valence electrons. The molecule has 0 bridgehead atoms. The van der Waals surface area contributed by atoms with Gasteiger partial charge >= 0.3 is 0 Å². The normalized spacial score (nSPS) is 17.3. The van der Waals surface area contributed by atoms with Crippen molar-refractivity contribution in [1.82, 2.24) is 14.9 Å². The monoisotopic (exact) mass is 351 g/mol. The molecule has 7 heteroatoms. The largest absolute Gasteiger partial charge is 0.358 e. The lowest BCUT2D eigenvalue weighted by molar-refractivity contribution is -0.118. The van der Waals surface area contributed by atoms with Crippen LogP contribution in [-0.2, 0) is 24.2 Å². The zero-order valence-electron chi connectivity index (χ0n) is 13.6. The maximum atomic E-state index is 12.9. The van der Waals surface area contributed by atoms with Gasteiger partial charge in [-0.1, -0.05) is 18.7 Å². The fourth-order valence-electron chi connectivity index (χ4n) is 3.00. The fraction of sp³-hybridized carbons (Fsp3) is 0.562. The summed E-state index contributed by atoms with van der Waals surface area (Å²) in [5.74, 6) is 0.883. The van der Waals surface area contributed by atoms with Crippen molar-refractivity contribution in [1.29, 1.82) is 0 Å². The van der Waals surface area contributed by atoms with Crippen LogP contribution in [0.3, 0.4) is 0 Å². The average Bonchev–Trinajstić information content (AvgIpc) is 2.89. The van der Waals surface area contributed by atoms with Crippen LogP contribution in [0.2, 0.25) is 0 Å². The van der Waals surface area contributed by atoms with Crippen molar-refractivity contribution in [3.05, 3.63) is 20.8 Å². The Hall–Kier alpha value is -1.34. The molecule has 0 saturated heterocycles. The molecule has 2 aromatic heterocycles. The molecule has 1 N–H and O–H groups in total. The third-order valence-electron chi connectivity index (χ3n) is 4.31. The van der Waals surface area contributed by atoms with Gasteiger partial charge in [-0.2, -0.15) is 0 Å². The quantitative estimate of drug-likeness (QED) is 0.679. The Balaban J connectivity index is 2.09. The smallest absolute Gasteiger partial charge is 0.263 e. The first-order valence-electron chi connectivity index (χ1n) is 7.93. The predicted molar refractivity (Wildman–Crippen MR) is 95.5 cm³/mol. The van der Waals surface area contributed by atoms with Crippen LogP contribution in [0.4, 0.5) is 0 Å². The van der Waals surface area contributed by atoms with Crippen molar-refractivity contribution >= 4 is 39.2 Å². The topological polar surface area (TPSA) is 64.0 Å². The summed E-state index contributed by atoms with van der Waals surface area (Å²) in [4.78, 5) is 31.3. The van der Waals surface area contributed by atoms with E-state index in [1.54, 1.807) is 23.0 Å². The van der Waals surface area contributed by atoms with Crippen molar-refractivity contribution in [2.24, 2.45) is 5.92 Å². The summed E-state index contributed by atoms with van der Waals surface area (Å²) < 4.78 is 1.70. The number of aryl methyl sites for hydroxylation is 1. The maximum Gasteiger partial charge on any atom is 0.263 e. The molecular weight excluding hydrogens is 330 g/mol. The standard InChI is InChI=1S/C16H21N3O2S2/c1-4-19-15(21)13-10-6-5-9(2)7-11(10)23-14(13)18-16(19)22-8-12(20)17-3/h9H,4-8H2,1-3H3,(H,17,20)/t9-/m1/s1. The number of thiophene rings is 1. The van der Waals surface area contributed by atoms with E-state index < -0.39 is 0 Å². The number of nitrogens with one attached hydrogen (secondary N) is 1. The highest BCUT2D eigenvalue weighted by Gasteiger charge is 2.24. The number of thioether (sulfide) groups is 1. The highest BCUT2D eigenvalue weighted by molar-refractivity contribution is 7.99. The van der Waals surface area contributed by atoms with E-state index in [4.69, 9.17) is 4.98 Å². The summed E-state index contributed by atoms with van der Waals surface area (Å²) in [6.07, 6.45) is 3.15. The molecule has 1 aliphatic carbocycles. The molecule has 5 nitrogen and oxygen atoms in total. The summed E-state index contributed by atoms with van der Waals surface area (Å²) in [5.41, 5.74) is 1.26. The first-order valence-corrected chi connectivity index (χ1v) is 9.73. The van der Waals surface area contributed by atoms with E-state index in [1.807, 2.05) is 6.92 Å². The van der Waals surface area contributed by atoms with Crippen LogP contribution < -0.4 is 10.9 Å². The molecule has 0 aromatic carbocycles. The Kier molecular flexibility index (Phi) is 4.77. The van der Waals surface area contributed by atoms with Crippen LogP contribution in [0.5, 0.6) is 0 Å². The van der Waals surface area contributed by atoms with Gasteiger partial charge in [0.1, 0.15) is 4.83 Å². The van der Waals surface area contributed by atoms with Crippen LogP contribution in [0.1, 0.15) is 30.7 Å². The van der Waals surface area contributed by atoms with Crippen LogP contribution in [0.25, 0.3) is 10.2 Å². The van der Waals surface area contributed by atoms with E-state index >= 15 is 0 Å². The molecule has 0 fully saturated rings. The molecular formula is C16H21N3O2S2. The molecule has 0 aliphatic heterocycles. The Morgan fingerprint density at radius 3 is 3.00 bits per heavy atom. The number of hydrogen-bond acceptors (Lipinski definition) is 5. The summed E-state index contributed by atoms with van der Waals surface area (Å²) in [6.45, 7) is 4.77. The summed E-state index contributed by atoms with van der Waals surface area (Å²) in [5, 5.41) is 4.04. The van der Waals surface area contributed by atoms with Gasteiger partial charge in [-0.15, -0.1) is 11.3 Å². The molecule has 2 aromatic rings. The van der Waals surface area contributed by atoms with Crippen molar-refractivity contribution in [2.45, 2.75) is 44.8 Å². The summed E-state index contributed by atoms with van der Waals surface area (Å²) in [7, 11) is 1.61. The first-order chi connectivity index (χ1) is 11.0. The number of carbonyl (C=O) groups excluding carboxylic acids is 1. The van der Waals surface area contributed by atoms with Gasteiger partial charge in [-0.3, -0.25) is 14.2 Å². The van der Waals surface area contributed by atoms with Crippen LogP contribution in [-0.4, -0.2) is 28.3 Å². The van der Waals surface area contributed by atoms with Gasteiger partial charge in [-0.05, 0) is 37.7 Å². The van der Waals surface area contributed by atoms with Crippen molar-refractivity contribution in [3.8, 4) is 0 Å². The molecule has 0 radical (unpaired) electrons. The lowest BCUT2D eigenvalue weighted by atomic mass is 9.89. The Labute approximate surface area is 143 Å². The molecule has 0 unspecified atom stereocenters. The molecule has 0 saturated carbocycles. The number of nitrogens with zero attached hydrogens (tertiary/aromatic N) is 2. The number of aromatic nitrogens is 2. The van der Waals surface area contributed by atoms with E-state index in [0.717, 1.165) is 29.5 Å². The first kappa shape index (κ1) is 16.5. The molecule has 23 heavy (non-hydrogen) atoms. The Morgan fingerprint density at radius 2 is 2.30 bits per heavy atom. The van der Waals surface area contributed by atoms with Crippen molar-refractivity contribution in [2.75, 3.05) is 12.8 Å². The molecule has 1 atom stereocenters. The fourth-order valence-corrected chi connectivity index (χ4v) is 5.36. The lowest BCUT2D eigenvalue weighted by Gasteiger charge is -2.17. The number of hydrogen-bond donors (Lipinski definition) is 1. The van der Waals surface area contributed by atoms with Gasteiger partial charge in [0.05, 0.1) is 11.1 Å². The van der Waals surface area contributed by atoms with E-state index in [-0.39, 0.29) is 17.2 Å². The molecule has 3 rings (SSSR count). The van der Waals surface area contributed by atoms with E-state index in [2.05, 4.69) is 12.2 Å². The maximum absolute atomic E-state index is 12.9. The van der Waals surface area contributed by atoms with Crippen molar-refractivity contribution < 1.29 is 4.79 Å². The average molecular weight is 351 g/mol. The second-order valence-electron chi connectivity index (χ2n) is 5.94. The molecule has 2 heterocycles. The SMILES string of the molecule is CCn1c(SCC(=O)NC)nc2sc3c(c2c1=O)CC[C@@H](C)C3. The van der Waals surface area contributed by atoms with Crippen LogP contribution in [0.15, 0.2) is 9.95 Å². The molecule has 1 amide bonds.